The van der Waals surface area contributed by atoms with Gasteiger partial charge in [-0.3, -0.25) is 4.79 Å². The van der Waals surface area contributed by atoms with Crippen molar-refractivity contribution in [2.75, 3.05) is 13.1 Å². The summed E-state index contributed by atoms with van der Waals surface area (Å²) in [6.07, 6.45) is 1.40. The van der Waals surface area contributed by atoms with Crippen LogP contribution in [0, 0.1) is 5.41 Å². The largest absolute Gasteiger partial charge is 0.389 e. The monoisotopic (exact) mass is 216 g/mol. The van der Waals surface area contributed by atoms with Crippen LogP contribution in [-0.2, 0) is 4.79 Å². The second-order valence-electron chi connectivity index (χ2n) is 4.78. The molecule has 4 heteroatoms. The van der Waals surface area contributed by atoms with Crippen molar-refractivity contribution >= 4 is 5.91 Å². The first-order chi connectivity index (χ1) is 6.77. The van der Waals surface area contributed by atoms with Crippen molar-refractivity contribution in [3.8, 4) is 0 Å². The maximum absolute atomic E-state index is 11.0. The number of hydrogen-bond donors (Lipinski definition) is 3. The Bertz CT molecular complexity index is 211. The van der Waals surface area contributed by atoms with Gasteiger partial charge < -0.3 is 16.2 Å². The number of aliphatic hydroxyl groups is 1. The normalized spacial score (nSPS) is 12.9. The minimum absolute atomic E-state index is 0.327. The van der Waals surface area contributed by atoms with Crippen molar-refractivity contribution < 1.29 is 9.90 Å². The molecule has 0 saturated heterocycles. The Hall–Kier alpha value is -0.610. The van der Waals surface area contributed by atoms with Gasteiger partial charge in [0.15, 0.2) is 0 Å². The van der Waals surface area contributed by atoms with Crippen molar-refractivity contribution in [2.24, 2.45) is 11.1 Å². The molecular formula is C11H24N2O2. The molecule has 4 nitrogen and oxygen atoms in total. The van der Waals surface area contributed by atoms with E-state index in [4.69, 9.17) is 5.73 Å². The number of rotatable bonds is 7. The van der Waals surface area contributed by atoms with Crippen LogP contribution in [0.25, 0.3) is 0 Å². The maximum atomic E-state index is 11.0. The average molecular weight is 216 g/mol. The quantitative estimate of drug-likeness (QED) is 0.584. The van der Waals surface area contributed by atoms with E-state index in [0.717, 1.165) is 0 Å². The first-order valence-corrected chi connectivity index (χ1v) is 5.50. The zero-order valence-corrected chi connectivity index (χ0v) is 10.3. The van der Waals surface area contributed by atoms with Gasteiger partial charge in [0.05, 0.1) is 11.0 Å². The zero-order valence-electron chi connectivity index (χ0n) is 10.3. The van der Waals surface area contributed by atoms with Crippen LogP contribution in [-0.4, -0.2) is 29.7 Å². The number of carbonyl (C=O) groups is 1. The Balaban J connectivity index is 4.03. The maximum Gasteiger partial charge on any atom is 0.224 e. The standard InChI is InChI=1S/C11H24N2O2/c1-5-11(15,6-2)8-13-7-10(3,4)9(12)14/h13,15H,5-8H2,1-4H3,(H2,12,14). The Kier molecular flexibility index (Phi) is 5.24. The number of nitrogens with one attached hydrogen (secondary N) is 1. The molecule has 0 bridgehead atoms. The van der Waals surface area contributed by atoms with Crippen LogP contribution in [0.2, 0.25) is 0 Å². The van der Waals surface area contributed by atoms with Crippen LogP contribution in [0.4, 0.5) is 0 Å². The molecule has 0 aromatic heterocycles. The van der Waals surface area contributed by atoms with Crippen LogP contribution in [0.1, 0.15) is 40.5 Å². The lowest BCUT2D eigenvalue weighted by molar-refractivity contribution is -0.125. The van der Waals surface area contributed by atoms with Gasteiger partial charge in [0, 0.05) is 13.1 Å². The molecule has 0 aromatic rings. The van der Waals surface area contributed by atoms with Crippen LogP contribution in [0.3, 0.4) is 0 Å². The first-order valence-electron chi connectivity index (χ1n) is 5.50. The number of hydrogen-bond acceptors (Lipinski definition) is 3. The van der Waals surface area contributed by atoms with Gasteiger partial charge in [-0.2, -0.15) is 0 Å². The molecule has 0 aliphatic rings. The Morgan fingerprint density at radius 2 is 1.73 bits per heavy atom. The van der Waals surface area contributed by atoms with E-state index in [2.05, 4.69) is 5.32 Å². The number of carbonyl (C=O) groups excluding carboxylic acids is 1. The summed E-state index contributed by atoms with van der Waals surface area (Å²) in [7, 11) is 0. The summed E-state index contributed by atoms with van der Waals surface area (Å²) in [5.74, 6) is -0.327. The van der Waals surface area contributed by atoms with Gasteiger partial charge in [0.1, 0.15) is 0 Å². The lowest BCUT2D eigenvalue weighted by Crippen LogP contribution is -2.46. The van der Waals surface area contributed by atoms with Gasteiger partial charge in [-0.25, -0.2) is 0 Å². The molecule has 0 aromatic carbocycles. The van der Waals surface area contributed by atoms with E-state index in [9.17, 15) is 9.90 Å². The van der Waals surface area contributed by atoms with Crippen molar-refractivity contribution in [3.05, 3.63) is 0 Å². The molecular weight excluding hydrogens is 192 g/mol. The fourth-order valence-electron chi connectivity index (χ4n) is 1.19. The average Bonchev–Trinajstić information content (AvgIpc) is 2.17. The number of primary amides is 1. The van der Waals surface area contributed by atoms with Gasteiger partial charge in [0.2, 0.25) is 5.91 Å². The predicted octanol–water partition coefficient (Wildman–Crippen LogP) is 0.639. The van der Waals surface area contributed by atoms with Gasteiger partial charge in [0.25, 0.3) is 0 Å². The highest BCUT2D eigenvalue weighted by atomic mass is 16.3. The van der Waals surface area contributed by atoms with Crippen LogP contribution in [0.5, 0.6) is 0 Å². The summed E-state index contributed by atoms with van der Waals surface area (Å²) in [6.45, 7) is 8.47. The van der Waals surface area contributed by atoms with Crippen LogP contribution >= 0.6 is 0 Å². The summed E-state index contributed by atoms with van der Waals surface area (Å²) in [4.78, 5) is 11.0. The molecule has 0 radical (unpaired) electrons. The second-order valence-corrected chi connectivity index (χ2v) is 4.78. The lowest BCUT2D eigenvalue weighted by Gasteiger charge is -2.28. The van der Waals surface area contributed by atoms with Crippen molar-refractivity contribution in [1.82, 2.24) is 5.32 Å². The Morgan fingerprint density at radius 3 is 2.07 bits per heavy atom. The molecule has 15 heavy (non-hydrogen) atoms. The van der Waals surface area contributed by atoms with E-state index in [-0.39, 0.29) is 5.91 Å². The molecule has 1 amide bonds. The fourth-order valence-corrected chi connectivity index (χ4v) is 1.19. The van der Waals surface area contributed by atoms with Gasteiger partial charge in [-0.05, 0) is 26.7 Å². The molecule has 0 saturated carbocycles. The van der Waals surface area contributed by atoms with Gasteiger partial charge >= 0.3 is 0 Å². The summed E-state index contributed by atoms with van der Waals surface area (Å²) in [5, 5.41) is 13.1. The highest BCUT2D eigenvalue weighted by Crippen LogP contribution is 2.15. The van der Waals surface area contributed by atoms with Gasteiger partial charge in [-0.1, -0.05) is 13.8 Å². The smallest absolute Gasteiger partial charge is 0.224 e. The van der Waals surface area contributed by atoms with Crippen molar-refractivity contribution in [1.29, 1.82) is 0 Å². The molecule has 0 spiro atoms. The van der Waals surface area contributed by atoms with E-state index in [0.29, 0.717) is 25.9 Å². The van der Waals surface area contributed by atoms with Crippen LogP contribution in [0.15, 0.2) is 0 Å². The minimum Gasteiger partial charge on any atom is -0.389 e. The van der Waals surface area contributed by atoms with Crippen LogP contribution < -0.4 is 11.1 Å². The number of amides is 1. The SMILES string of the molecule is CCC(O)(CC)CNCC(C)(C)C(N)=O. The van der Waals surface area contributed by atoms with E-state index in [1.165, 1.54) is 0 Å². The Labute approximate surface area is 92.2 Å². The van der Waals surface area contributed by atoms with E-state index in [1.54, 1.807) is 13.8 Å². The molecule has 4 N–H and O–H groups in total. The molecule has 90 valence electrons. The topological polar surface area (TPSA) is 75.3 Å². The van der Waals surface area contributed by atoms with E-state index < -0.39 is 11.0 Å². The highest BCUT2D eigenvalue weighted by Gasteiger charge is 2.27. The lowest BCUT2D eigenvalue weighted by atomic mass is 9.91. The van der Waals surface area contributed by atoms with Crippen molar-refractivity contribution in [2.45, 2.75) is 46.1 Å². The summed E-state index contributed by atoms with van der Waals surface area (Å²) in [6, 6.07) is 0. The molecule has 0 aliphatic heterocycles. The molecule has 0 rings (SSSR count). The highest BCUT2D eigenvalue weighted by molar-refractivity contribution is 5.80. The molecule has 0 unspecified atom stereocenters. The number of nitrogens with two attached hydrogens (primary N) is 1. The summed E-state index contributed by atoms with van der Waals surface area (Å²) >= 11 is 0. The zero-order chi connectivity index (χ0) is 12.1. The summed E-state index contributed by atoms with van der Waals surface area (Å²) in [5.41, 5.74) is 4.00. The fraction of sp³-hybridized carbons (Fsp3) is 0.909. The van der Waals surface area contributed by atoms with Gasteiger partial charge in [-0.15, -0.1) is 0 Å². The second kappa shape index (κ2) is 5.47. The first kappa shape index (κ1) is 14.4. The summed E-state index contributed by atoms with van der Waals surface area (Å²) < 4.78 is 0. The van der Waals surface area contributed by atoms with E-state index >= 15 is 0 Å². The predicted molar refractivity (Wildman–Crippen MR) is 61.4 cm³/mol. The third-order valence-electron chi connectivity index (χ3n) is 3.00. The minimum atomic E-state index is -0.673. The van der Waals surface area contributed by atoms with E-state index in [1.807, 2.05) is 13.8 Å². The molecule has 0 fully saturated rings. The molecule has 0 atom stereocenters. The Morgan fingerprint density at radius 1 is 1.27 bits per heavy atom. The van der Waals surface area contributed by atoms with Crippen molar-refractivity contribution in [3.63, 3.8) is 0 Å². The third kappa shape index (κ3) is 4.62. The molecule has 0 aliphatic carbocycles. The third-order valence-corrected chi connectivity index (χ3v) is 3.00. The molecule has 0 heterocycles.